The van der Waals surface area contributed by atoms with Crippen molar-refractivity contribution in [2.24, 2.45) is 0 Å². The standard InChI is InChI=1S/C21H20BrNO4/c1-12-5-6-16(9-13(12)2)23-14(3)10-17(15(23)4)18(24)11-26-21(25)19-7-8-20(22)27-19/h5-10H,11H2,1-4H3. The van der Waals surface area contributed by atoms with E-state index >= 15 is 0 Å². The Kier molecular flexibility index (Phi) is 5.37. The number of ether oxygens (including phenoxy) is 1. The van der Waals surface area contributed by atoms with Crippen LogP contribution in [0.1, 0.15) is 43.4 Å². The lowest BCUT2D eigenvalue weighted by Gasteiger charge is -2.12. The van der Waals surface area contributed by atoms with Gasteiger partial charge in [0.1, 0.15) is 0 Å². The SMILES string of the molecule is Cc1ccc(-n2c(C)cc(C(=O)COC(=O)c3ccc(Br)o3)c2C)cc1C. The Labute approximate surface area is 166 Å². The Balaban J connectivity index is 1.80. The van der Waals surface area contributed by atoms with Crippen LogP contribution in [0, 0.1) is 27.7 Å². The number of halogens is 1. The lowest BCUT2D eigenvalue weighted by Crippen LogP contribution is -2.14. The summed E-state index contributed by atoms with van der Waals surface area (Å²) in [4.78, 5) is 24.5. The summed E-state index contributed by atoms with van der Waals surface area (Å²) in [5.41, 5.74) is 5.71. The van der Waals surface area contributed by atoms with Gasteiger partial charge >= 0.3 is 5.97 Å². The van der Waals surface area contributed by atoms with Crippen LogP contribution in [-0.2, 0) is 4.74 Å². The zero-order valence-electron chi connectivity index (χ0n) is 15.6. The van der Waals surface area contributed by atoms with E-state index in [0.717, 1.165) is 17.1 Å². The number of benzene rings is 1. The molecule has 0 radical (unpaired) electrons. The third-order valence-electron chi connectivity index (χ3n) is 4.59. The van der Waals surface area contributed by atoms with E-state index in [1.807, 2.05) is 30.5 Å². The summed E-state index contributed by atoms with van der Waals surface area (Å²) >= 11 is 3.12. The number of furan rings is 1. The molecular formula is C21H20BrNO4. The van der Waals surface area contributed by atoms with E-state index < -0.39 is 5.97 Å². The van der Waals surface area contributed by atoms with E-state index in [1.165, 1.54) is 17.2 Å². The number of aromatic nitrogens is 1. The van der Waals surface area contributed by atoms with E-state index in [9.17, 15) is 9.59 Å². The Morgan fingerprint density at radius 3 is 2.41 bits per heavy atom. The minimum absolute atomic E-state index is 0.0512. The molecule has 0 aliphatic heterocycles. The molecule has 0 bridgehead atoms. The molecular weight excluding hydrogens is 410 g/mol. The number of esters is 1. The van der Waals surface area contributed by atoms with E-state index in [4.69, 9.17) is 9.15 Å². The van der Waals surface area contributed by atoms with Crippen molar-refractivity contribution in [1.29, 1.82) is 0 Å². The van der Waals surface area contributed by atoms with Gasteiger partial charge in [0.2, 0.25) is 11.5 Å². The van der Waals surface area contributed by atoms with Crippen LogP contribution >= 0.6 is 15.9 Å². The molecule has 6 heteroatoms. The van der Waals surface area contributed by atoms with E-state index in [2.05, 4.69) is 41.9 Å². The Morgan fingerprint density at radius 1 is 1.04 bits per heavy atom. The van der Waals surface area contributed by atoms with Gasteiger partial charge in [-0.1, -0.05) is 6.07 Å². The molecule has 3 aromatic rings. The molecule has 1 aromatic carbocycles. The van der Waals surface area contributed by atoms with E-state index in [0.29, 0.717) is 10.2 Å². The van der Waals surface area contributed by atoms with Gasteiger partial charge < -0.3 is 13.7 Å². The Hall–Kier alpha value is -2.60. The Bertz CT molecular complexity index is 1030. The van der Waals surface area contributed by atoms with Gasteiger partial charge in [0.25, 0.3) is 0 Å². The minimum Gasteiger partial charge on any atom is -0.451 e. The fourth-order valence-electron chi connectivity index (χ4n) is 3.01. The molecule has 0 spiro atoms. The van der Waals surface area contributed by atoms with Crippen molar-refractivity contribution < 1.29 is 18.7 Å². The number of Topliss-reactive ketones (excluding diaryl/α,β-unsaturated/α-hetero) is 1. The second-order valence-electron chi connectivity index (χ2n) is 6.49. The summed E-state index contributed by atoms with van der Waals surface area (Å²) in [5.74, 6) is -0.871. The zero-order chi connectivity index (χ0) is 19.7. The first-order chi connectivity index (χ1) is 12.8. The normalized spacial score (nSPS) is 10.9. The molecule has 0 amide bonds. The number of aryl methyl sites for hydroxylation is 3. The largest absolute Gasteiger partial charge is 0.451 e. The molecule has 0 saturated carbocycles. The summed E-state index contributed by atoms with van der Waals surface area (Å²) in [6, 6.07) is 11.1. The molecule has 0 aliphatic rings. The monoisotopic (exact) mass is 429 g/mol. The minimum atomic E-state index is -0.669. The fourth-order valence-corrected chi connectivity index (χ4v) is 3.32. The molecule has 0 unspecified atom stereocenters. The van der Waals surface area contributed by atoms with Crippen molar-refractivity contribution in [3.63, 3.8) is 0 Å². The summed E-state index contributed by atoms with van der Waals surface area (Å²) in [6.07, 6.45) is 0. The van der Waals surface area contributed by atoms with Gasteiger partial charge in [-0.05, 0) is 85.1 Å². The van der Waals surface area contributed by atoms with Gasteiger partial charge in [-0.25, -0.2) is 4.79 Å². The van der Waals surface area contributed by atoms with Crippen LogP contribution in [0.15, 0.2) is 45.5 Å². The highest BCUT2D eigenvalue weighted by atomic mass is 79.9. The maximum Gasteiger partial charge on any atom is 0.374 e. The predicted molar refractivity (Wildman–Crippen MR) is 106 cm³/mol. The van der Waals surface area contributed by atoms with Crippen molar-refractivity contribution in [2.75, 3.05) is 6.61 Å². The van der Waals surface area contributed by atoms with E-state index in [-0.39, 0.29) is 18.2 Å². The highest BCUT2D eigenvalue weighted by Crippen LogP contribution is 2.23. The van der Waals surface area contributed by atoms with Crippen LogP contribution in [0.5, 0.6) is 0 Å². The highest BCUT2D eigenvalue weighted by molar-refractivity contribution is 9.10. The summed E-state index contributed by atoms with van der Waals surface area (Å²) in [5, 5.41) is 0. The molecule has 0 atom stereocenters. The number of carbonyl (C=O) groups is 2. The van der Waals surface area contributed by atoms with Crippen LogP contribution in [0.25, 0.3) is 5.69 Å². The van der Waals surface area contributed by atoms with Gasteiger partial charge in [0.05, 0.1) is 0 Å². The van der Waals surface area contributed by atoms with Crippen molar-refractivity contribution in [3.8, 4) is 5.69 Å². The maximum absolute atomic E-state index is 12.6. The van der Waals surface area contributed by atoms with Crippen molar-refractivity contribution in [3.05, 3.63) is 74.9 Å². The van der Waals surface area contributed by atoms with Crippen molar-refractivity contribution in [2.45, 2.75) is 27.7 Å². The lowest BCUT2D eigenvalue weighted by atomic mass is 10.1. The third kappa shape index (κ3) is 3.90. The molecule has 0 fully saturated rings. The number of nitrogens with zero attached hydrogens (tertiary/aromatic N) is 1. The first-order valence-electron chi connectivity index (χ1n) is 8.50. The highest BCUT2D eigenvalue weighted by Gasteiger charge is 2.20. The van der Waals surface area contributed by atoms with Crippen LogP contribution in [-0.4, -0.2) is 22.9 Å². The zero-order valence-corrected chi connectivity index (χ0v) is 17.2. The summed E-state index contributed by atoms with van der Waals surface area (Å²) < 4.78 is 12.7. The van der Waals surface area contributed by atoms with Crippen LogP contribution in [0.3, 0.4) is 0 Å². The average Bonchev–Trinajstić information content (AvgIpc) is 3.18. The Morgan fingerprint density at radius 2 is 1.78 bits per heavy atom. The fraction of sp³-hybridized carbons (Fsp3) is 0.238. The topological polar surface area (TPSA) is 61.4 Å². The van der Waals surface area contributed by atoms with Crippen LogP contribution in [0.4, 0.5) is 0 Å². The van der Waals surface area contributed by atoms with Gasteiger partial charge in [0.15, 0.2) is 11.3 Å². The average molecular weight is 430 g/mol. The number of hydrogen-bond donors (Lipinski definition) is 0. The molecule has 140 valence electrons. The number of rotatable bonds is 5. The molecule has 0 N–H and O–H groups in total. The second-order valence-corrected chi connectivity index (χ2v) is 7.27. The van der Waals surface area contributed by atoms with Crippen molar-refractivity contribution in [1.82, 2.24) is 4.57 Å². The molecule has 2 heterocycles. The number of hydrogen-bond acceptors (Lipinski definition) is 4. The van der Waals surface area contributed by atoms with Crippen LogP contribution < -0.4 is 0 Å². The molecule has 3 rings (SSSR count). The second kappa shape index (κ2) is 7.56. The quantitative estimate of drug-likeness (QED) is 0.417. The van der Waals surface area contributed by atoms with Gasteiger partial charge in [-0.2, -0.15) is 0 Å². The number of ketones is 1. The molecule has 2 aromatic heterocycles. The van der Waals surface area contributed by atoms with Gasteiger partial charge in [-0.3, -0.25) is 4.79 Å². The first kappa shape index (κ1) is 19.2. The number of carbonyl (C=O) groups excluding carboxylic acids is 2. The summed E-state index contributed by atoms with van der Waals surface area (Å²) in [6.45, 7) is 7.63. The van der Waals surface area contributed by atoms with E-state index in [1.54, 1.807) is 6.07 Å². The third-order valence-corrected chi connectivity index (χ3v) is 5.02. The lowest BCUT2D eigenvalue weighted by molar-refractivity contribution is 0.0442. The summed E-state index contributed by atoms with van der Waals surface area (Å²) in [7, 11) is 0. The molecule has 27 heavy (non-hydrogen) atoms. The maximum atomic E-state index is 12.6. The molecule has 5 nitrogen and oxygen atoms in total. The van der Waals surface area contributed by atoms with Crippen LogP contribution in [0.2, 0.25) is 0 Å². The van der Waals surface area contributed by atoms with Gasteiger partial charge in [-0.15, -0.1) is 0 Å². The molecule has 0 aliphatic carbocycles. The molecule has 0 saturated heterocycles. The predicted octanol–water partition coefficient (Wildman–Crippen LogP) is 5.11. The smallest absolute Gasteiger partial charge is 0.374 e. The van der Waals surface area contributed by atoms with Gasteiger partial charge in [0, 0.05) is 22.6 Å². The first-order valence-corrected chi connectivity index (χ1v) is 9.29. The van der Waals surface area contributed by atoms with Crippen molar-refractivity contribution >= 4 is 27.7 Å².